The molecule has 1 aliphatic heterocycles. The third kappa shape index (κ3) is 4.62. The highest BCUT2D eigenvalue weighted by atomic mass is 16.7. The van der Waals surface area contributed by atoms with E-state index in [0.29, 0.717) is 12.2 Å². The van der Waals surface area contributed by atoms with Crippen LogP contribution in [-0.4, -0.2) is 43.3 Å². The first-order valence-corrected chi connectivity index (χ1v) is 8.88. The highest BCUT2D eigenvalue weighted by molar-refractivity contribution is 5.68. The molecule has 0 spiro atoms. The van der Waals surface area contributed by atoms with Gasteiger partial charge in [-0.05, 0) is 20.8 Å². The summed E-state index contributed by atoms with van der Waals surface area (Å²) in [5.74, 6) is 0.238. The van der Waals surface area contributed by atoms with Crippen molar-refractivity contribution in [2.75, 3.05) is 21.0 Å². The first-order valence-electron chi connectivity index (χ1n) is 8.88. The monoisotopic (exact) mass is 382 g/mol. The van der Waals surface area contributed by atoms with E-state index in [4.69, 9.17) is 18.9 Å². The van der Waals surface area contributed by atoms with Crippen molar-refractivity contribution >= 4 is 6.09 Å². The van der Waals surface area contributed by atoms with Crippen LogP contribution in [0.1, 0.15) is 46.4 Å². The molecule has 0 fully saturated rings. The fourth-order valence-electron chi connectivity index (χ4n) is 3.28. The molecule has 1 amide bonds. The van der Waals surface area contributed by atoms with Crippen LogP contribution in [0.15, 0.2) is 17.1 Å². The third-order valence-electron chi connectivity index (χ3n) is 4.62. The summed E-state index contributed by atoms with van der Waals surface area (Å²) in [7, 11) is 2.99. The number of aromatic nitrogens is 1. The molecule has 27 heavy (non-hydrogen) atoms. The molecule has 1 aromatic heterocycles. The van der Waals surface area contributed by atoms with Gasteiger partial charge in [0.15, 0.2) is 5.75 Å². The maximum Gasteiger partial charge on any atom is 0.407 e. The summed E-state index contributed by atoms with van der Waals surface area (Å²) >= 11 is 0. The normalized spacial score (nSPS) is 21.3. The van der Waals surface area contributed by atoms with Gasteiger partial charge in [-0.15, -0.1) is 0 Å². The Balaban J connectivity index is 2.44. The van der Waals surface area contributed by atoms with Crippen molar-refractivity contribution in [3.63, 3.8) is 0 Å². The second-order valence-corrected chi connectivity index (χ2v) is 8.22. The Bertz CT molecular complexity index is 735. The average Bonchev–Trinajstić information content (AvgIpc) is 2.53. The van der Waals surface area contributed by atoms with Gasteiger partial charge < -0.3 is 28.8 Å². The van der Waals surface area contributed by atoms with Crippen molar-refractivity contribution in [2.45, 2.75) is 58.9 Å². The van der Waals surface area contributed by atoms with Crippen molar-refractivity contribution in [1.29, 1.82) is 0 Å². The lowest BCUT2D eigenvalue weighted by Gasteiger charge is -2.46. The quantitative estimate of drug-likeness (QED) is 0.787. The van der Waals surface area contributed by atoms with Gasteiger partial charge in [-0.3, -0.25) is 4.79 Å². The van der Waals surface area contributed by atoms with Gasteiger partial charge in [0.25, 0.3) is 0 Å². The number of fused-ring (bicyclic) bond motifs is 1. The van der Waals surface area contributed by atoms with Crippen molar-refractivity contribution in [2.24, 2.45) is 5.41 Å². The minimum absolute atomic E-state index is 0.0412. The molecule has 1 aliphatic rings. The summed E-state index contributed by atoms with van der Waals surface area (Å²) in [6.07, 6.45) is 0.653. The molecule has 2 rings (SSSR count). The van der Waals surface area contributed by atoms with E-state index in [0.717, 1.165) is 0 Å². The van der Waals surface area contributed by atoms with E-state index >= 15 is 0 Å². The van der Waals surface area contributed by atoms with Gasteiger partial charge in [0.05, 0.1) is 18.8 Å². The summed E-state index contributed by atoms with van der Waals surface area (Å²) in [6, 6.07) is 1.15. The smallest absolute Gasteiger partial charge is 0.407 e. The Morgan fingerprint density at radius 2 is 2.00 bits per heavy atom. The van der Waals surface area contributed by atoms with Gasteiger partial charge in [0, 0.05) is 31.3 Å². The molecule has 0 saturated heterocycles. The van der Waals surface area contributed by atoms with Crippen LogP contribution in [-0.2, 0) is 20.8 Å². The van der Waals surface area contributed by atoms with Crippen LogP contribution < -0.4 is 15.5 Å². The number of carbonyl (C=O) groups excluding carboxylic acids is 1. The van der Waals surface area contributed by atoms with Gasteiger partial charge >= 0.3 is 6.09 Å². The molecule has 152 valence electrons. The lowest BCUT2D eigenvalue weighted by atomic mass is 9.74. The molecule has 8 heteroatoms. The van der Waals surface area contributed by atoms with E-state index in [2.05, 4.69) is 5.32 Å². The predicted octanol–water partition coefficient (Wildman–Crippen LogP) is 2.45. The fourth-order valence-corrected chi connectivity index (χ4v) is 3.28. The zero-order valence-corrected chi connectivity index (χ0v) is 17.1. The zero-order chi connectivity index (χ0) is 20.4. The minimum Gasteiger partial charge on any atom is -0.491 e. The van der Waals surface area contributed by atoms with Crippen molar-refractivity contribution in [3.8, 4) is 5.75 Å². The second-order valence-electron chi connectivity index (χ2n) is 8.22. The van der Waals surface area contributed by atoms with Crippen LogP contribution in [0.5, 0.6) is 5.75 Å². The number of methoxy groups -OCH3 is 2. The van der Waals surface area contributed by atoms with Crippen LogP contribution in [0.4, 0.5) is 4.79 Å². The van der Waals surface area contributed by atoms with E-state index < -0.39 is 23.2 Å². The molecule has 0 radical (unpaired) electrons. The minimum atomic E-state index is -0.597. The first-order chi connectivity index (χ1) is 12.5. The van der Waals surface area contributed by atoms with Gasteiger partial charge in [-0.25, -0.2) is 4.79 Å². The highest BCUT2D eigenvalue weighted by Crippen LogP contribution is 2.45. The van der Waals surface area contributed by atoms with Crippen LogP contribution >= 0.6 is 0 Å². The number of amides is 1. The molecule has 0 bridgehead atoms. The van der Waals surface area contributed by atoms with E-state index in [1.807, 2.05) is 39.2 Å². The van der Waals surface area contributed by atoms with Crippen LogP contribution in [0, 0.1) is 5.41 Å². The van der Waals surface area contributed by atoms with Crippen molar-refractivity contribution in [1.82, 2.24) is 9.88 Å². The van der Waals surface area contributed by atoms with Gasteiger partial charge in [0.1, 0.15) is 18.5 Å². The predicted molar refractivity (Wildman–Crippen MR) is 99.9 cm³/mol. The number of nitrogens with one attached hydrogen (secondary N) is 1. The molecular formula is C19H30N2O6. The number of carbonyl (C=O) groups is 1. The number of hydrogen-bond donors (Lipinski definition) is 1. The average molecular weight is 382 g/mol. The Morgan fingerprint density at radius 1 is 1.33 bits per heavy atom. The van der Waals surface area contributed by atoms with E-state index in [1.54, 1.807) is 6.20 Å². The summed E-state index contributed by atoms with van der Waals surface area (Å²) in [6.45, 7) is 9.87. The van der Waals surface area contributed by atoms with E-state index in [-0.39, 0.29) is 24.0 Å². The lowest BCUT2D eigenvalue weighted by molar-refractivity contribution is -0.134. The zero-order valence-electron chi connectivity index (χ0n) is 17.1. The molecule has 8 nitrogen and oxygen atoms in total. The number of alkyl carbamates (subject to hydrolysis) is 1. The van der Waals surface area contributed by atoms with Gasteiger partial charge in [-0.1, -0.05) is 13.8 Å². The molecule has 0 aliphatic carbocycles. The topological polar surface area (TPSA) is 88.0 Å². The lowest BCUT2D eigenvalue weighted by Crippen LogP contribution is -2.55. The fraction of sp³-hybridized carbons (Fsp3) is 0.684. The summed E-state index contributed by atoms with van der Waals surface area (Å²) in [5, 5.41) is 2.94. The van der Waals surface area contributed by atoms with E-state index in [1.165, 1.54) is 20.3 Å². The third-order valence-corrected chi connectivity index (χ3v) is 4.62. The number of hydrogen-bond acceptors (Lipinski definition) is 6. The number of nitrogens with zero attached hydrogens (tertiary/aromatic N) is 1. The number of pyridine rings is 1. The summed E-state index contributed by atoms with van der Waals surface area (Å²) < 4.78 is 23.6. The SMILES string of the molecule is COCOC1c2c(OC)c(=O)ccn2CC(NC(=O)OC(C)(C)C)C1(C)C. The molecule has 0 saturated carbocycles. The molecular weight excluding hydrogens is 352 g/mol. The Kier molecular flexibility index (Phi) is 6.21. The van der Waals surface area contributed by atoms with Crippen LogP contribution in [0.3, 0.4) is 0 Å². The maximum atomic E-state index is 12.3. The van der Waals surface area contributed by atoms with Crippen LogP contribution in [0.2, 0.25) is 0 Å². The molecule has 2 atom stereocenters. The van der Waals surface area contributed by atoms with Crippen LogP contribution in [0.25, 0.3) is 0 Å². The Morgan fingerprint density at radius 3 is 2.56 bits per heavy atom. The standard InChI is InChI=1S/C19H30N2O6/c1-18(2,3)27-17(23)20-13-10-21-9-8-12(22)15(25-7)14(21)16(19(13,4)5)26-11-24-6/h8-9,13,16H,10-11H2,1-7H3,(H,20,23). The molecule has 0 aromatic carbocycles. The molecule has 2 unspecified atom stereocenters. The molecule has 1 aromatic rings. The Labute approximate surface area is 159 Å². The number of ether oxygens (including phenoxy) is 4. The second kappa shape index (κ2) is 7.90. The molecule has 2 heterocycles. The Hall–Kier alpha value is -2.06. The van der Waals surface area contributed by atoms with Gasteiger partial charge in [0.2, 0.25) is 5.43 Å². The first kappa shape index (κ1) is 21.2. The largest absolute Gasteiger partial charge is 0.491 e. The van der Waals surface area contributed by atoms with Crippen molar-refractivity contribution in [3.05, 3.63) is 28.2 Å². The molecule has 1 N–H and O–H groups in total. The highest BCUT2D eigenvalue weighted by Gasteiger charge is 2.47. The summed E-state index contributed by atoms with van der Waals surface area (Å²) in [5.41, 5.74) is -0.740. The van der Waals surface area contributed by atoms with E-state index in [9.17, 15) is 9.59 Å². The summed E-state index contributed by atoms with van der Waals surface area (Å²) in [4.78, 5) is 24.6. The van der Waals surface area contributed by atoms with Crippen molar-refractivity contribution < 1.29 is 23.7 Å². The van der Waals surface area contributed by atoms with Gasteiger partial charge in [-0.2, -0.15) is 0 Å². The number of rotatable bonds is 5. The maximum absolute atomic E-state index is 12.3.